The molecule has 0 atom stereocenters. The summed E-state index contributed by atoms with van der Waals surface area (Å²) in [6.45, 7) is 2.32. The second-order valence-electron chi connectivity index (χ2n) is 4.17. The molecule has 0 aliphatic carbocycles. The number of benzene rings is 2. The van der Waals surface area contributed by atoms with E-state index in [-0.39, 0.29) is 18.4 Å². The molecule has 20 heavy (non-hydrogen) atoms. The Morgan fingerprint density at radius 1 is 1.15 bits per heavy atom. The molecule has 2 aromatic rings. The number of esters is 1. The molecule has 0 aliphatic rings. The molecule has 0 spiro atoms. The Morgan fingerprint density at radius 2 is 1.95 bits per heavy atom. The van der Waals surface area contributed by atoms with Crippen LogP contribution in [0.4, 0.5) is 4.39 Å². The van der Waals surface area contributed by atoms with Gasteiger partial charge in [-0.05, 0) is 42.8 Å². The average molecular weight is 274 g/mol. The maximum atomic E-state index is 13.0. The minimum Gasteiger partial charge on any atom is -0.489 e. The number of carbonyl (C=O) groups is 1. The minimum atomic E-state index is -0.385. The fourth-order valence-corrected chi connectivity index (χ4v) is 1.72. The lowest BCUT2D eigenvalue weighted by Crippen LogP contribution is -2.05. The second kappa shape index (κ2) is 6.70. The van der Waals surface area contributed by atoms with Crippen molar-refractivity contribution in [2.75, 3.05) is 6.61 Å². The molecular formula is C16H15FO3. The molecule has 0 amide bonds. The molecule has 0 bridgehead atoms. The van der Waals surface area contributed by atoms with Crippen molar-refractivity contribution in [1.29, 1.82) is 0 Å². The Morgan fingerprint density at radius 3 is 2.70 bits per heavy atom. The average Bonchev–Trinajstić information content (AvgIpc) is 2.46. The van der Waals surface area contributed by atoms with E-state index in [0.717, 1.165) is 5.56 Å². The van der Waals surface area contributed by atoms with Gasteiger partial charge in [-0.1, -0.05) is 18.2 Å². The zero-order chi connectivity index (χ0) is 14.4. The molecule has 0 aromatic heterocycles. The Labute approximate surface area is 117 Å². The molecule has 0 fully saturated rings. The van der Waals surface area contributed by atoms with Gasteiger partial charge in [0.1, 0.15) is 18.2 Å². The lowest BCUT2D eigenvalue weighted by Gasteiger charge is -2.08. The van der Waals surface area contributed by atoms with Crippen LogP contribution in [0.5, 0.6) is 5.75 Å². The standard InChI is InChI=1S/C16H15FO3/c1-2-19-16(18)13-6-4-8-15(10-13)20-11-12-5-3-7-14(17)9-12/h3-10H,2,11H2,1H3. The van der Waals surface area contributed by atoms with E-state index in [4.69, 9.17) is 9.47 Å². The summed E-state index contributed by atoms with van der Waals surface area (Å²) >= 11 is 0. The summed E-state index contributed by atoms with van der Waals surface area (Å²) in [5.41, 5.74) is 1.16. The van der Waals surface area contributed by atoms with E-state index in [1.807, 2.05) is 0 Å². The van der Waals surface area contributed by atoms with Crippen LogP contribution in [0, 0.1) is 5.82 Å². The third kappa shape index (κ3) is 3.82. The first-order valence-electron chi connectivity index (χ1n) is 6.33. The largest absolute Gasteiger partial charge is 0.489 e. The van der Waals surface area contributed by atoms with E-state index in [0.29, 0.717) is 17.9 Å². The van der Waals surface area contributed by atoms with E-state index in [2.05, 4.69) is 0 Å². The van der Waals surface area contributed by atoms with Crippen LogP contribution in [0.25, 0.3) is 0 Å². The van der Waals surface area contributed by atoms with Gasteiger partial charge in [0.25, 0.3) is 0 Å². The zero-order valence-electron chi connectivity index (χ0n) is 11.1. The number of rotatable bonds is 5. The Bertz CT molecular complexity index is 596. The van der Waals surface area contributed by atoms with Gasteiger partial charge in [-0.15, -0.1) is 0 Å². The van der Waals surface area contributed by atoms with E-state index < -0.39 is 0 Å². The first-order chi connectivity index (χ1) is 9.69. The van der Waals surface area contributed by atoms with E-state index in [9.17, 15) is 9.18 Å². The molecule has 104 valence electrons. The van der Waals surface area contributed by atoms with Crippen LogP contribution in [0.1, 0.15) is 22.8 Å². The van der Waals surface area contributed by atoms with Crippen LogP contribution in [0.2, 0.25) is 0 Å². The molecule has 0 radical (unpaired) electrons. The summed E-state index contributed by atoms with van der Waals surface area (Å²) in [6, 6.07) is 12.9. The van der Waals surface area contributed by atoms with Crippen molar-refractivity contribution in [1.82, 2.24) is 0 Å². The summed E-state index contributed by atoms with van der Waals surface area (Å²) in [5.74, 6) is -0.144. The summed E-state index contributed by atoms with van der Waals surface area (Å²) in [5, 5.41) is 0. The molecule has 4 heteroatoms. The molecule has 0 saturated heterocycles. The van der Waals surface area contributed by atoms with Crippen LogP contribution < -0.4 is 4.74 Å². The van der Waals surface area contributed by atoms with Crippen molar-refractivity contribution in [3.8, 4) is 5.75 Å². The van der Waals surface area contributed by atoms with Gasteiger partial charge in [0.05, 0.1) is 12.2 Å². The molecule has 0 aliphatic heterocycles. The van der Waals surface area contributed by atoms with Crippen LogP contribution >= 0.6 is 0 Å². The van der Waals surface area contributed by atoms with Gasteiger partial charge in [0, 0.05) is 0 Å². The number of hydrogen-bond acceptors (Lipinski definition) is 3. The van der Waals surface area contributed by atoms with Gasteiger partial charge in [-0.3, -0.25) is 0 Å². The van der Waals surface area contributed by atoms with Gasteiger partial charge < -0.3 is 9.47 Å². The molecule has 0 N–H and O–H groups in total. The monoisotopic (exact) mass is 274 g/mol. The van der Waals surface area contributed by atoms with Crippen LogP contribution in [-0.2, 0) is 11.3 Å². The SMILES string of the molecule is CCOC(=O)c1cccc(OCc2cccc(F)c2)c1. The topological polar surface area (TPSA) is 35.5 Å². The van der Waals surface area contributed by atoms with Crippen molar-refractivity contribution in [2.45, 2.75) is 13.5 Å². The predicted molar refractivity (Wildman–Crippen MR) is 73.1 cm³/mol. The van der Waals surface area contributed by atoms with Crippen molar-refractivity contribution < 1.29 is 18.7 Å². The number of ether oxygens (including phenoxy) is 2. The van der Waals surface area contributed by atoms with Crippen molar-refractivity contribution in [3.05, 3.63) is 65.5 Å². The molecule has 0 heterocycles. The van der Waals surface area contributed by atoms with E-state index >= 15 is 0 Å². The highest BCUT2D eigenvalue weighted by Crippen LogP contribution is 2.16. The smallest absolute Gasteiger partial charge is 0.338 e. The molecule has 0 unspecified atom stereocenters. The fourth-order valence-electron chi connectivity index (χ4n) is 1.72. The van der Waals surface area contributed by atoms with Gasteiger partial charge in [-0.2, -0.15) is 0 Å². The number of halogens is 1. The molecule has 2 rings (SSSR count). The van der Waals surface area contributed by atoms with Gasteiger partial charge in [0.2, 0.25) is 0 Å². The summed E-state index contributed by atoms with van der Waals surface area (Å²) in [6.07, 6.45) is 0. The van der Waals surface area contributed by atoms with Crippen molar-refractivity contribution >= 4 is 5.97 Å². The molecule has 2 aromatic carbocycles. The first-order valence-corrected chi connectivity index (χ1v) is 6.33. The first kappa shape index (κ1) is 14.1. The highest BCUT2D eigenvalue weighted by molar-refractivity contribution is 5.89. The fraction of sp³-hybridized carbons (Fsp3) is 0.188. The normalized spacial score (nSPS) is 10.1. The lowest BCUT2D eigenvalue weighted by molar-refractivity contribution is 0.0526. The maximum absolute atomic E-state index is 13.0. The zero-order valence-corrected chi connectivity index (χ0v) is 11.1. The van der Waals surface area contributed by atoms with Gasteiger partial charge >= 0.3 is 5.97 Å². The maximum Gasteiger partial charge on any atom is 0.338 e. The minimum absolute atomic E-state index is 0.240. The number of carbonyl (C=O) groups excluding carboxylic acids is 1. The van der Waals surface area contributed by atoms with Gasteiger partial charge in [-0.25, -0.2) is 9.18 Å². The van der Waals surface area contributed by atoms with Crippen LogP contribution in [0.3, 0.4) is 0 Å². The van der Waals surface area contributed by atoms with Crippen LogP contribution in [0.15, 0.2) is 48.5 Å². The van der Waals surface area contributed by atoms with E-state index in [1.165, 1.54) is 12.1 Å². The van der Waals surface area contributed by atoms with Crippen LogP contribution in [-0.4, -0.2) is 12.6 Å². The highest BCUT2D eigenvalue weighted by atomic mass is 19.1. The molecule has 0 saturated carbocycles. The highest BCUT2D eigenvalue weighted by Gasteiger charge is 2.07. The summed E-state index contributed by atoms with van der Waals surface area (Å²) in [4.78, 5) is 11.6. The van der Waals surface area contributed by atoms with Gasteiger partial charge in [0.15, 0.2) is 0 Å². The lowest BCUT2D eigenvalue weighted by atomic mass is 10.2. The predicted octanol–water partition coefficient (Wildman–Crippen LogP) is 3.58. The molecule has 3 nitrogen and oxygen atoms in total. The summed E-state index contributed by atoms with van der Waals surface area (Å²) in [7, 11) is 0. The Kier molecular flexibility index (Phi) is 4.71. The quantitative estimate of drug-likeness (QED) is 0.782. The van der Waals surface area contributed by atoms with Crippen molar-refractivity contribution in [2.24, 2.45) is 0 Å². The Hall–Kier alpha value is -2.36. The molecular weight excluding hydrogens is 259 g/mol. The summed E-state index contributed by atoms with van der Waals surface area (Å²) < 4.78 is 23.5. The number of hydrogen-bond donors (Lipinski definition) is 0. The Balaban J connectivity index is 2.03. The third-order valence-corrected chi connectivity index (χ3v) is 2.64. The van der Waals surface area contributed by atoms with Crippen molar-refractivity contribution in [3.63, 3.8) is 0 Å². The third-order valence-electron chi connectivity index (χ3n) is 2.64. The van der Waals surface area contributed by atoms with E-state index in [1.54, 1.807) is 43.3 Å². The second-order valence-corrected chi connectivity index (χ2v) is 4.17.